The Labute approximate surface area is 165 Å². The molecule has 1 fully saturated rings. The van der Waals surface area contributed by atoms with Crippen molar-refractivity contribution in [2.45, 2.75) is 51.1 Å². The molecule has 1 N–H and O–H groups in total. The lowest BCUT2D eigenvalue weighted by molar-refractivity contribution is -0.124. The van der Waals surface area contributed by atoms with Crippen molar-refractivity contribution in [2.24, 2.45) is 0 Å². The molecule has 150 valence electrons. The Bertz CT molecular complexity index is 981. The third-order valence-corrected chi connectivity index (χ3v) is 7.30. The first-order chi connectivity index (χ1) is 13.2. The summed E-state index contributed by atoms with van der Waals surface area (Å²) in [5, 5.41) is 2.69. The monoisotopic (exact) mass is 404 g/mol. The number of sulfonamides is 1. The van der Waals surface area contributed by atoms with Crippen LogP contribution in [0.25, 0.3) is 0 Å². The van der Waals surface area contributed by atoms with Crippen LogP contribution >= 0.6 is 0 Å². The number of aryl methyl sites for hydroxylation is 3. The lowest BCUT2D eigenvalue weighted by Crippen LogP contribution is -2.46. The molecule has 1 saturated heterocycles. The quantitative estimate of drug-likeness (QED) is 0.832. The molecular formula is C21H25FN2O3S. The third-order valence-electron chi connectivity index (χ3n) is 5.09. The first-order valence-electron chi connectivity index (χ1n) is 9.32. The van der Waals surface area contributed by atoms with Crippen molar-refractivity contribution in [2.75, 3.05) is 6.54 Å². The summed E-state index contributed by atoms with van der Waals surface area (Å²) >= 11 is 0. The molecular weight excluding hydrogens is 379 g/mol. The topological polar surface area (TPSA) is 66.5 Å². The number of rotatable bonds is 5. The highest BCUT2D eigenvalue weighted by Crippen LogP contribution is 2.30. The van der Waals surface area contributed by atoms with E-state index in [0.29, 0.717) is 36.1 Å². The Morgan fingerprint density at radius 2 is 1.82 bits per heavy atom. The smallest absolute Gasteiger partial charge is 0.244 e. The van der Waals surface area contributed by atoms with Crippen LogP contribution in [0.1, 0.15) is 35.1 Å². The van der Waals surface area contributed by atoms with E-state index in [9.17, 15) is 17.6 Å². The summed E-state index contributed by atoms with van der Waals surface area (Å²) in [5.41, 5.74) is 2.72. The molecule has 5 nitrogen and oxygen atoms in total. The highest BCUT2D eigenvalue weighted by molar-refractivity contribution is 7.89. The van der Waals surface area contributed by atoms with E-state index in [1.807, 2.05) is 19.1 Å². The molecule has 0 radical (unpaired) electrons. The van der Waals surface area contributed by atoms with Gasteiger partial charge in [0.15, 0.2) is 0 Å². The van der Waals surface area contributed by atoms with E-state index >= 15 is 0 Å². The predicted octanol–water partition coefficient (Wildman–Crippen LogP) is 3.22. The average Bonchev–Trinajstić information content (AvgIpc) is 3.10. The second kappa shape index (κ2) is 8.01. The van der Waals surface area contributed by atoms with Crippen LogP contribution in [0, 0.1) is 26.6 Å². The molecule has 2 aromatic rings. The molecule has 1 aliphatic heterocycles. The van der Waals surface area contributed by atoms with Crippen molar-refractivity contribution in [3.63, 3.8) is 0 Å². The zero-order chi connectivity index (χ0) is 20.5. The van der Waals surface area contributed by atoms with Crippen LogP contribution in [0.15, 0.2) is 41.3 Å². The maximum absolute atomic E-state index is 13.8. The molecule has 7 heteroatoms. The fourth-order valence-corrected chi connectivity index (χ4v) is 5.99. The van der Waals surface area contributed by atoms with E-state index < -0.39 is 27.8 Å². The van der Waals surface area contributed by atoms with Gasteiger partial charge in [-0.1, -0.05) is 35.9 Å². The molecule has 0 aliphatic carbocycles. The van der Waals surface area contributed by atoms with Gasteiger partial charge in [0, 0.05) is 18.7 Å². The highest BCUT2D eigenvalue weighted by Gasteiger charge is 2.40. The summed E-state index contributed by atoms with van der Waals surface area (Å²) in [6.07, 6.45) is 1.06. The predicted molar refractivity (Wildman–Crippen MR) is 106 cm³/mol. The van der Waals surface area contributed by atoms with Crippen LogP contribution in [0.3, 0.4) is 0 Å². The maximum atomic E-state index is 13.8. The second-order valence-electron chi connectivity index (χ2n) is 7.31. The number of halogens is 1. The summed E-state index contributed by atoms with van der Waals surface area (Å²) in [5.74, 6) is -0.795. The minimum atomic E-state index is -3.80. The van der Waals surface area contributed by atoms with Gasteiger partial charge >= 0.3 is 0 Å². The van der Waals surface area contributed by atoms with Crippen LogP contribution in [0.2, 0.25) is 0 Å². The summed E-state index contributed by atoms with van der Waals surface area (Å²) < 4.78 is 41.7. The molecule has 28 heavy (non-hydrogen) atoms. The number of nitrogens with zero attached hydrogens (tertiary/aromatic N) is 1. The van der Waals surface area contributed by atoms with E-state index in [1.54, 1.807) is 32.0 Å². The zero-order valence-electron chi connectivity index (χ0n) is 16.3. The summed E-state index contributed by atoms with van der Waals surface area (Å²) in [4.78, 5) is 13.0. The van der Waals surface area contributed by atoms with E-state index in [1.165, 1.54) is 10.4 Å². The van der Waals surface area contributed by atoms with Gasteiger partial charge in [0.25, 0.3) is 0 Å². The Balaban J connectivity index is 1.82. The Morgan fingerprint density at radius 1 is 1.18 bits per heavy atom. The van der Waals surface area contributed by atoms with Gasteiger partial charge in [-0.15, -0.1) is 0 Å². The molecule has 3 rings (SSSR count). The average molecular weight is 405 g/mol. The van der Waals surface area contributed by atoms with Crippen molar-refractivity contribution in [1.82, 2.24) is 9.62 Å². The largest absolute Gasteiger partial charge is 0.351 e. The maximum Gasteiger partial charge on any atom is 0.244 e. The minimum Gasteiger partial charge on any atom is -0.351 e. The van der Waals surface area contributed by atoms with Crippen LogP contribution in [-0.2, 0) is 21.4 Å². The molecule has 0 spiro atoms. The molecule has 0 saturated carbocycles. The molecule has 1 amide bonds. The van der Waals surface area contributed by atoms with Gasteiger partial charge in [0.05, 0.1) is 4.90 Å². The first kappa shape index (κ1) is 20.5. The van der Waals surface area contributed by atoms with E-state index in [2.05, 4.69) is 5.32 Å². The Hall–Kier alpha value is -2.25. The van der Waals surface area contributed by atoms with Crippen LogP contribution in [-0.4, -0.2) is 31.2 Å². The Morgan fingerprint density at radius 3 is 2.46 bits per heavy atom. The number of nitrogens with one attached hydrogen (secondary N) is 1. The molecule has 2 aromatic carbocycles. The number of benzene rings is 2. The molecule has 1 aliphatic rings. The normalized spacial score (nSPS) is 17.6. The van der Waals surface area contributed by atoms with Crippen LogP contribution < -0.4 is 5.32 Å². The third kappa shape index (κ3) is 3.95. The van der Waals surface area contributed by atoms with Gasteiger partial charge in [-0.3, -0.25) is 4.79 Å². The number of hydrogen-bond acceptors (Lipinski definition) is 3. The summed E-state index contributed by atoms with van der Waals surface area (Å²) in [6.45, 7) is 5.79. The number of amides is 1. The Kier molecular flexibility index (Phi) is 5.86. The summed E-state index contributed by atoms with van der Waals surface area (Å²) in [7, 11) is -3.80. The van der Waals surface area contributed by atoms with Gasteiger partial charge in [-0.25, -0.2) is 12.8 Å². The van der Waals surface area contributed by atoms with E-state index in [4.69, 9.17) is 0 Å². The van der Waals surface area contributed by atoms with Gasteiger partial charge in [-0.2, -0.15) is 4.31 Å². The molecule has 1 heterocycles. The van der Waals surface area contributed by atoms with Crippen LogP contribution in [0.4, 0.5) is 4.39 Å². The SMILES string of the molecule is Cc1cc(C)c(S(=O)(=O)N2CCCC2C(=O)NCc2ccccc2F)c(C)c1. The van der Waals surface area contributed by atoms with Gasteiger partial charge in [0.2, 0.25) is 15.9 Å². The molecule has 0 bridgehead atoms. The fraction of sp³-hybridized carbons (Fsp3) is 0.381. The van der Waals surface area contributed by atoms with Crippen molar-refractivity contribution < 1.29 is 17.6 Å². The molecule has 1 atom stereocenters. The number of carbonyl (C=O) groups excluding carboxylic acids is 1. The standard InChI is InChI=1S/C21H25FN2O3S/c1-14-11-15(2)20(16(3)12-14)28(26,27)24-10-6-9-19(24)21(25)23-13-17-7-4-5-8-18(17)22/h4-5,7-8,11-12,19H,6,9-10,13H2,1-3H3,(H,23,25). The van der Waals surface area contributed by atoms with Gasteiger partial charge in [0.1, 0.15) is 11.9 Å². The van der Waals surface area contributed by atoms with Crippen molar-refractivity contribution in [3.05, 3.63) is 64.5 Å². The number of hydrogen-bond donors (Lipinski definition) is 1. The lowest BCUT2D eigenvalue weighted by Gasteiger charge is -2.25. The van der Waals surface area contributed by atoms with Crippen molar-refractivity contribution in [1.29, 1.82) is 0 Å². The minimum absolute atomic E-state index is 0.0263. The van der Waals surface area contributed by atoms with Crippen molar-refractivity contribution >= 4 is 15.9 Å². The zero-order valence-corrected chi connectivity index (χ0v) is 17.1. The lowest BCUT2D eigenvalue weighted by atomic mass is 10.1. The second-order valence-corrected chi connectivity index (χ2v) is 9.14. The molecule has 0 aromatic heterocycles. The van der Waals surface area contributed by atoms with Crippen molar-refractivity contribution in [3.8, 4) is 0 Å². The number of carbonyl (C=O) groups is 1. The fourth-order valence-electron chi connectivity index (χ4n) is 3.92. The van der Waals surface area contributed by atoms with E-state index in [-0.39, 0.29) is 11.4 Å². The molecule has 1 unspecified atom stereocenters. The first-order valence-corrected chi connectivity index (χ1v) is 10.8. The van der Waals surface area contributed by atoms with Crippen LogP contribution in [0.5, 0.6) is 0 Å². The van der Waals surface area contributed by atoms with E-state index in [0.717, 1.165) is 5.56 Å². The van der Waals surface area contributed by atoms with Gasteiger partial charge < -0.3 is 5.32 Å². The summed E-state index contributed by atoms with van der Waals surface area (Å²) in [6, 6.07) is 9.09. The van der Waals surface area contributed by atoms with Gasteiger partial charge in [-0.05, 0) is 50.8 Å². The highest BCUT2D eigenvalue weighted by atomic mass is 32.2.